The van der Waals surface area contributed by atoms with Gasteiger partial charge in [-0.25, -0.2) is 0 Å². The first kappa shape index (κ1) is 16.3. The minimum atomic E-state index is 0.166. The van der Waals surface area contributed by atoms with Crippen LogP contribution in [0.3, 0.4) is 0 Å². The Morgan fingerprint density at radius 3 is 2.74 bits per heavy atom. The molecule has 1 saturated carbocycles. The Balaban J connectivity index is 1.44. The molecule has 1 aromatic rings. The van der Waals surface area contributed by atoms with Gasteiger partial charge in [0.25, 0.3) is 0 Å². The fourth-order valence-electron chi connectivity index (χ4n) is 3.50. The Bertz CT molecular complexity index is 506. The van der Waals surface area contributed by atoms with Crippen molar-refractivity contribution in [2.45, 2.75) is 63.5 Å². The molecular weight excluding hydrogens is 288 g/mol. The summed E-state index contributed by atoms with van der Waals surface area (Å²) in [5.41, 5.74) is 1.18. The summed E-state index contributed by atoms with van der Waals surface area (Å²) in [6.45, 7) is 2.01. The zero-order valence-corrected chi connectivity index (χ0v) is 13.9. The van der Waals surface area contributed by atoms with Gasteiger partial charge in [-0.2, -0.15) is 0 Å². The highest BCUT2D eigenvalue weighted by atomic mass is 16.5. The molecule has 1 heterocycles. The van der Waals surface area contributed by atoms with Crippen molar-refractivity contribution in [1.82, 2.24) is 10.6 Å². The molecular formula is C19H28N2O2. The number of carbonyl (C=O) groups is 1. The van der Waals surface area contributed by atoms with Crippen LogP contribution in [0.4, 0.5) is 0 Å². The monoisotopic (exact) mass is 316 g/mol. The van der Waals surface area contributed by atoms with E-state index in [1.165, 1.54) is 31.2 Å². The third-order valence-electron chi connectivity index (χ3n) is 4.85. The van der Waals surface area contributed by atoms with Gasteiger partial charge in [-0.1, -0.05) is 12.1 Å². The lowest BCUT2D eigenvalue weighted by atomic mass is 10.1. The molecule has 1 aliphatic carbocycles. The van der Waals surface area contributed by atoms with Gasteiger partial charge in [0, 0.05) is 12.5 Å². The highest BCUT2D eigenvalue weighted by Crippen LogP contribution is 2.24. The number of rotatable bonds is 6. The second-order valence-electron chi connectivity index (χ2n) is 6.76. The maximum atomic E-state index is 12.1. The maximum absolute atomic E-state index is 12.1. The fourth-order valence-corrected chi connectivity index (χ4v) is 3.50. The van der Waals surface area contributed by atoms with E-state index in [1.807, 2.05) is 12.1 Å². The van der Waals surface area contributed by atoms with E-state index >= 15 is 0 Å². The normalized spacial score (nSPS) is 19.7. The average molecular weight is 316 g/mol. The number of piperidine rings is 1. The molecule has 4 nitrogen and oxygen atoms in total. The summed E-state index contributed by atoms with van der Waals surface area (Å²) in [5, 5.41) is 6.47. The van der Waals surface area contributed by atoms with Crippen LogP contribution in [-0.2, 0) is 11.2 Å². The minimum absolute atomic E-state index is 0.166. The lowest BCUT2D eigenvalue weighted by Crippen LogP contribution is -2.42. The summed E-state index contributed by atoms with van der Waals surface area (Å²) in [6.07, 6.45) is 8.68. The topological polar surface area (TPSA) is 50.4 Å². The lowest BCUT2D eigenvalue weighted by Gasteiger charge is -2.23. The molecule has 0 atom stereocenters. The van der Waals surface area contributed by atoms with Gasteiger partial charge in [0.15, 0.2) is 0 Å². The van der Waals surface area contributed by atoms with Gasteiger partial charge in [-0.15, -0.1) is 0 Å². The van der Waals surface area contributed by atoms with E-state index in [1.54, 1.807) is 0 Å². The summed E-state index contributed by atoms with van der Waals surface area (Å²) < 4.78 is 6.04. The zero-order valence-electron chi connectivity index (χ0n) is 13.9. The summed E-state index contributed by atoms with van der Waals surface area (Å²) >= 11 is 0. The molecule has 3 rings (SSSR count). The SMILES string of the molecule is O=C(CCc1cccc(OC2CCCC2)c1)NC1CCNCC1. The number of carbonyl (C=O) groups excluding carboxylic acids is 1. The van der Waals surface area contributed by atoms with Crippen molar-refractivity contribution >= 4 is 5.91 Å². The number of nitrogens with one attached hydrogen (secondary N) is 2. The molecule has 0 unspecified atom stereocenters. The molecule has 1 saturated heterocycles. The summed E-state index contributed by atoms with van der Waals surface area (Å²) in [4.78, 5) is 12.1. The second kappa shape index (κ2) is 8.34. The van der Waals surface area contributed by atoms with E-state index in [0.29, 0.717) is 18.6 Å². The largest absolute Gasteiger partial charge is 0.490 e. The van der Waals surface area contributed by atoms with Crippen molar-refractivity contribution in [3.63, 3.8) is 0 Å². The third-order valence-corrected chi connectivity index (χ3v) is 4.85. The molecule has 2 aliphatic rings. The third kappa shape index (κ3) is 5.24. The number of ether oxygens (including phenoxy) is 1. The van der Waals surface area contributed by atoms with Crippen molar-refractivity contribution in [2.24, 2.45) is 0 Å². The number of benzene rings is 1. The van der Waals surface area contributed by atoms with E-state index in [0.717, 1.165) is 38.1 Å². The van der Waals surface area contributed by atoms with Crippen LogP contribution >= 0.6 is 0 Å². The maximum Gasteiger partial charge on any atom is 0.220 e. The molecule has 126 valence electrons. The van der Waals surface area contributed by atoms with Crippen molar-refractivity contribution < 1.29 is 9.53 Å². The van der Waals surface area contributed by atoms with Crippen LogP contribution in [0, 0.1) is 0 Å². The van der Waals surface area contributed by atoms with E-state index < -0.39 is 0 Å². The molecule has 0 spiro atoms. The predicted octanol–water partition coefficient (Wildman–Crippen LogP) is 2.81. The average Bonchev–Trinajstić information content (AvgIpc) is 3.07. The molecule has 2 N–H and O–H groups in total. The highest BCUT2D eigenvalue weighted by Gasteiger charge is 2.17. The summed E-state index contributed by atoms with van der Waals surface area (Å²) in [6, 6.07) is 8.58. The fraction of sp³-hybridized carbons (Fsp3) is 0.632. The lowest BCUT2D eigenvalue weighted by molar-refractivity contribution is -0.121. The second-order valence-corrected chi connectivity index (χ2v) is 6.76. The zero-order chi connectivity index (χ0) is 15.9. The number of hydrogen-bond acceptors (Lipinski definition) is 3. The molecule has 4 heteroatoms. The van der Waals surface area contributed by atoms with Crippen LogP contribution in [0.15, 0.2) is 24.3 Å². The molecule has 2 fully saturated rings. The van der Waals surface area contributed by atoms with Crippen LogP contribution in [0.2, 0.25) is 0 Å². The van der Waals surface area contributed by atoms with Gasteiger partial charge < -0.3 is 15.4 Å². The van der Waals surface area contributed by atoms with Gasteiger partial charge in [-0.05, 0) is 75.7 Å². The molecule has 0 radical (unpaired) electrons. The number of hydrogen-bond donors (Lipinski definition) is 2. The van der Waals surface area contributed by atoms with Gasteiger partial charge in [-0.3, -0.25) is 4.79 Å². The first-order valence-electron chi connectivity index (χ1n) is 9.05. The predicted molar refractivity (Wildman–Crippen MR) is 91.7 cm³/mol. The smallest absolute Gasteiger partial charge is 0.220 e. The van der Waals surface area contributed by atoms with Gasteiger partial charge in [0.05, 0.1) is 6.10 Å². The van der Waals surface area contributed by atoms with E-state index in [9.17, 15) is 4.79 Å². The Labute approximate surface area is 139 Å². The number of aryl methyl sites for hydroxylation is 1. The molecule has 23 heavy (non-hydrogen) atoms. The Kier molecular flexibility index (Phi) is 5.92. The highest BCUT2D eigenvalue weighted by molar-refractivity contribution is 5.76. The van der Waals surface area contributed by atoms with Crippen LogP contribution in [0.5, 0.6) is 5.75 Å². The van der Waals surface area contributed by atoms with Gasteiger partial charge in [0.2, 0.25) is 5.91 Å². The van der Waals surface area contributed by atoms with E-state index in [-0.39, 0.29) is 5.91 Å². The van der Waals surface area contributed by atoms with Crippen LogP contribution in [0.1, 0.15) is 50.5 Å². The first-order chi connectivity index (χ1) is 11.3. The van der Waals surface area contributed by atoms with E-state index in [4.69, 9.17) is 4.74 Å². The van der Waals surface area contributed by atoms with Crippen LogP contribution in [-0.4, -0.2) is 31.1 Å². The van der Waals surface area contributed by atoms with Gasteiger partial charge in [0.1, 0.15) is 5.75 Å². The van der Waals surface area contributed by atoms with E-state index in [2.05, 4.69) is 22.8 Å². The molecule has 1 aromatic carbocycles. The summed E-state index contributed by atoms with van der Waals surface area (Å²) in [5.74, 6) is 1.12. The molecule has 0 bridgehead atoms. The van der Waals surface area contributed by atoms with Crippen molar-refractivity contribution in [2.75, 3.05) is 13.1 Å². The molecule has 1 aliphatic heterocycles. The van der Waals surface area contributed by atoms with Crippen LogP contribution in [0.25, 0.3) is 0 Å². The van der Waals surface area contributed by atoms with Crippen molar-refractivity contribution in [3.8, 4) is 5.75 Å². The van der Waals surface area contributed by atoms with Crippen molar-refractivity contribution in [3.05, 3.63) is 29.8 Å². The Hall–Kier alpha value is -1.55. The molecule has 1 amide bonds. The Morgan fingerprint density at radius 1 is 1.17 bits per heavy atom. The van der Waals surface area contributed by atoms with Crippen LogP contribution < -0.4 is 15.4 Å². The standard InChI is InChI=1S/C19H28N2O2/c22-19(21-16-10-12-20-13-11-16)9-8-15-4-3-7-18(14-15)23-17-5-1-2-6-17/h3-4,7,14,16-17,20H,1-2,5-6,8-13H2,(H,21,22). The Morgan fingerprint density at radius 2 is 1.96 bits per heavy atom. The first-order valence-corrected chi connectivity index (χ1v) is 9.05. The summed E-state index contributed by atoms with van der Waals surface area (Å²) in [7, 11) is 0. The van der Waals surface area contributed by atoms with Gasteiger partial charge >= 0.3 is 0 Å². The molecule has 0 aromatic heterocycles. The van der Waals surface area contributed by atoms with Crippen molar-refractivity contribution in [1.29, 1.82) is 0 Å². The quantitative estimate of drug-likeness (QED) is 0.848. The minimum Gasteiger partial charge on any atom is -0.490 e. The number of amides is 1.